The molecule has 1 amide bonds. The number of nitrogens with one attached hydrogen (secondary N) is 1. The fourth-order valence-corrected chi connectivity index (χ4v) is 4.64. The standard InChI is InChI=1S/C29H29F3N6O3/c1-3-21(14-35-28(9-10-33)18-37(19-28)27(40)17-41-2)23-13-26-34-16-25(38(26)36-15-23)22-6-4-5-20(11-22)12-24(39)7-8-29(30,31)32/h3-6,11,13-16,35H,1,7-9,12,17-19H2,2H3/b21-14+. The molecule has 0 unspecified atom stereocenters. The van der Waals surface area contributed by atoms with Gasteiger partial charge in [0.2, 0.25) is 5.91 Å². The van der Waals surface area contributed by atoms with E-state index in [1.54, 1.807) is 52.3 Å². The molecular formula is C29H29F3N6O3. The van der Waals surface area contributed by atoms with Crippen molar-refractivity contribution in [2.45, 2.75) is 37.4 Å². The van der Waals surface area contributed by atoms with Crippen molar-refractivity contribution in [3.8, 4) is 17.3 Å². The number of alkyl halides is 3. The van der Waals surface area contributed by atoms with E-state index in [0.29, 0.717) is 35.6 Å². The summed E-state index contributed by atoms with van der Waals surface area (Å²) >= 11 is 0. The van der Waals surface area contributed by atoms with Crippen LogP contribution in [0, 0.1) is 11.3 Å². The number of nitrogens with zero attached hydrogens (tertiary/aromatic N) is 5. The summed E-state index contributed by atoms with van der Waals surface area (Å²) in [6.07, 6.45) is 0.740. The Morgan fingerprint density at radius 1 is 1.27 bits per heavy atom. The summed E-state index contributed by atoms with van der Waals surface area (Å²) in [7, 11) is 1.46. The van der Waals surface area contributed by atoms with Crippen molar-refractivity contribution in [3.63, 3.8) is 0 Å². The number of benzene rings is 1. The summed E-state index contributed by atoms with van der Waals surface area (Å²) in [5.41, 5.74) is 3.38. The molecule has 0 radical (unpaired) electrons. The molecular weight excluding hydrogens is 537 g/mol. The third-order valence-electron chi connectivity index (χ3n) is 6.78. The molecule has 1 aromatic carbocycles. The van der Waals surface area contributed by atoms with Crippen molar-refractivity contribution in [1.29, 1.82) is 5.26 Å². The van der Waals surface area contributed by atoms with Gasteiger partial charge in [0, 0.05) is 50.4 Å². The minimum Gasteiger partial charge on any atom is -0.381 e. The fourth-order valence-electron chi connectivity index (χ4n) is 4.64. The molecule has 0 bridgehead atoms. The maximum absolute atomic E-state index is 12.5. The predicted octanol–water partition coefficient (Wildman–Crippen LogP) is 4.11. The van der Waals surface area contributed by atoms with Gasteiger partial charge < -0.3 is 15.0 Å². The number of ketones is 1. The zero-order valence-corrected chi connectivity index (χ0v) is 22.4. The van der Waals surface area contributed by atoms with Crippen LogP contribution in [0.25, 0.3) is 22.5 Å². The minimum absolute atomic E-state index is 0.0151. The first-order chi connectivity index (χ1) is 19.6. The van der Waals surface area contributed by atoms with Gasteiger partial charge in [-0.1, -0.05) is 30.9 Å². The van der Waals surface area contributed by atoms with E-state index in [9.17, 15) is 28.0 Å². The van der Waals surface area contributed by atoms with E-state index < -0.39 is 30.3 Å². The van der Waals surface area contributed by atoms with Crippen LogP contribution in [0.4, 0.5) is 13.2 Å². The van der Waals surface area contributed by atoms with Crippen LogP contribution in [-0.4, -0.2) is 69.7 Å². The van der Waals surface area contributed by atoms with E-state index in [-0.39, 0.29) is 25.4 Å². The average Bonchev–Trinajstić information content (AvgIpc) is 3.34. The van der Waals surface area contributed by atoms with Gasteiger partial charge >= 0.3 is 6.18 Å². The van der Waals surface area contributed by atoms with Gasteiger partial charge in [0.1, 0.15) is 12.4 Å². The van der Waals surface area contributed by atoms with Crippen LogP contribution < -0.4 is 5.32 Å². The summed E-state index contributed by atoms with van der Waals surface area (Å²) in [5.74, 6) is -0.621. The monoisotopic (exact) mass is 566 g/mol. The Labute approximate surface area is 234 Å². The summed E-state index contributed by atoms with van der Waals surface area (Å²) < 4.78 is 43.9. The van der Waals surface area contributed by atoms with Gasteiger partial charge in [0.05, 0.1) is 42.5 Å². The first-order valence-electron chi connectivity index (χ1n) is 12.8. The maximum atomic E-state index is 12.5. The zero-order valence-electron chi connectivity index (χ0n) is 22.4. The molecule has 2 aromatic heterocycles. The highest BCUT2D eigenvalue weighted by Gasteiger charge is 2.44. The second-order valence-electron chi connectivity index (χ2n) is 9.93. The molecule has 1 aliphatic rings. The zero-order chi connectivity index (χ0) is 29.6. The number of imidazole rings is 1. The molecule has 3 heterocycles. The molecule has 1 aliphatic heterocycles. The number of fused-ring (bicyclic) bond motifs is 1. The van der Waals surface area contributed by atoms with E-state index in [1.165, 1.54) is 7.11 Å². The van der Waals surface area contributed by atoms with Crippen molar-refractivity contribution in [2.24, 2.45) is 0 Å². The summed E-state index contributed by atoms with van der Waals surface area (Å²) in [6.45, 7) is 4.62. The molecule has 0 saturated carbocycles. The number of ether oxygens (including phenoxy) is 1. The molecule has 0 spiro atoms. The number of hydrogen-bond donors (Lipinski definition) is 1. The molecule has 12 heteroatoms. The van der Waals surface area contributed by atoms with Crippen molar-refractivity contribution in [2.75, 3.05) is 26.8 Å². The fraction of sp³-hybridized carbons (Fsp3) is 0.345. The summed E-state index contributed by atoms with van der Waals surface area (Å²) in [4.78, 5) is 30.2. The Hall–Kier alpha value is -4.50. The van der Waals surface area contributed by atoms with Crippen LogP contribution in [0.1, 0.15) is 30.4 Å². The lowest BCUT2D eigenvalue weighted by molar-refractivity contribution is -0.143. The Morgan fingerprint density at radius 3 is 2.73 bits per heavy atom. The van der Waals surface area contributed by atoms with Crippen LogP contribution in [0.2, 0.25) is 0 Å². The van der Waals surface area contributed by atoms with Crippen molar-refractivity contribution in [3.05, 3.63) is 72.7 Å². The van der Waals surface area contributed by atoms with Gasteiger partial charge in [-0.15, -0.1) is 0 Å². The predicted molar refractivity (Wildman–Crippen MR) is 145 cm³/mol. The average molecular weight is 567 g/mol. The number of carbonyl (C=O) groups excluding carboxylic acids is 2. The number of Topliss-reactive ketones (excluding diaryl/α,β-unsaturated/α-hetero) is 1. The first kappa shape index (κ1) is 29.5. The normalized spacial score (nSPS) is 14.8. The number of amides is 1. The largest absolute Gasteiger partial charge is 0.389 e. The molecule has 3 aromatic rings. The van der Waals surface area contributed by atoms with Crippen molar-refractivity contribution >= 4 is 22.9 Å². The van der Waals surface area contributed by atoms with Crippen LogP contribution >= 0.6 is 0 Å². The Morgan fingerprint density at radius 2 is 2.05 bits per heavy atom. The molecule has 4 rings (SSSR count). The molecule has 0 atom stereocenters. The van der Waals surface area contributed by atoms with Crippen LogP contribution in [0.15, 0.2) is 61.6 Å². The lowest BCUT2D eigenvalue weighted by Crippen LogP contribution is -2.69. The van der Waals surface area contributed by atoms with Gasteiger partial charge in [-0.05, 0) is 23.3 Å². The first-order valence-corrected chi connectivity index (χ1v) is 12.8. The number of allylic oxidation sites excluding steroid dienone is 2. The van der Waals surface area contributed by atoms with E-state index in [2.05, 4.69) is 28.0 Å². The van der Waals surface area contributed by atoms with Gasteiger partial charge in [-0.2, -0.15) is 23.5 Å². The van der Waals surface area contributed by atoms with Gasteiger partial charge in [-0.25, -0.2) is 9.50 Å². The number of likely N-dealkylation sites (tertiary alicyclic amines) is 1. The third kappa shape index (κ3) is 7.18. The Balaban J connectivity index is 1.50. The smallest absolute Gasteiger partial charge is 0.381 e. The van der Waals surface area contributed by atoms with Crippen LogP contribution in [-0.2, 0) is 20.7 Å². The molecule has 1 fully saturated rings. The minimum atomic E-state index is -4.36. The number of aromatic nitrogens is 3. The number of carbonyl (C=O) groups is 2. The van der Waals surface area contributed by atoms with E-state index >= 15 is 0 Å². The second-order valence-corrected chi connectivity index (χ2v) is 9.93. The second kappa shape index (κ2) is 12.3. The van der Waals surface area contributed by atoms with E-state index in [4.69, 9.17) is 4.74 Å². The highest BCUT2D eigenvalue weighted by molar-refractivity contribution is 5.81. The third-order valence-corrected chi connectivity index (χ3v) is 6.78. The van der Waals surface area contributed by atoms with Gasteiger partial charge in [-0.3, -0.25) is 9.59 Å². The molecule has 214 valence electrons. The Kier molecular flexibility index (Phi) is 8.88. The lowest BCUT2D eigenvalue weighted by Gasteiger charge is -2.49. The van der Waals surface area contributed by atoms with Crippen LogP contribution in [0.3, 0.4) is 0 Å². The Bertz CT molecular complexity index is 1520. The number of hydrogen-bond acceptors (Lipinski definition) is 7. The molecule has 41 heavy (non-hydrogen) atoms. The SMILES string of the molecule is C=C/C(=C\NC1(CC#N)CN(C(=O)COC)C1)c1cnn2c(-c3cccc(CC(=O)CCC(F)(F)F)c3)cnc2c1. The molecule has 9 nitrogen and oxygen atoms in total. The lowest BCUT2D eigenvalue weighted by atomic mass is 9.86. The van der Waals surface area contributed by atoms with E-state index in [0.717, 1.165) is 11.1 Å². The maximum Gasteiger partial charge on any atom is 0.389 e. The number of rotatable bonds is 12. The van der Waals surface area contributed by atoms with Crippen molar-refractivity contribution in [1.82, 2.24) is 24.8 Å². The number of methoxy groups -OCH3 is 1. The number of nitriles is 1. The summed E-state index contributed by atoms with van der Waals surface area (Å²) in [6, 6.07) is 11.0. The quantitative estimate of drug-likeness (QED) is 0.329. The molecule has 1 N–H and O–H groups in total. The van der Waals surface area contributed by atoms with Crippen molar-refractivity contribution < 1.29 is 27.5 Å². The topological polar surface area (TPSA) is 113 Å². The van der Waals surface area contributed by atoms with Crippen LogP contribution in [0.5, 0.6) is 0 Å². The van der Waals surface area contributed by atoms with Gasteiger partial charge in [0.25, 0.3) is 0 Å². The molecule has 1 saturated heterocycles. The number of halogens is 3. The van der Waals surface area contributed by atoms with E-state index in [1.807, 2.05) is 12.1 Å². The molecule has 0 aliphatic carbocycles. The highest BCUT2D eigenvalue weighted by Crippen LogP contribution is 2.27. The summed E-state index contributed by atoms with van der Waals surface area (Å²) in [5, 5.41) is 17.1. The highest BCUT2D eigenvalue weighted by atomic mass is 19.4. The van der Waals surface area contributed by atoms with Gasteiger partial charge in [0.15, 0.2) is 5.65 Å².